The molecule has 0 aliphatic carbocycles. The van der Waals surface area contributed by atoms with Crippen LogP contribution in [0.4, 0.5) is 0 Å². The fourth-order valence-corrected chi connectivity index (χ4v) is 3.32. The fourth-order valence-electron chi connectivity index (χ4n) is 3.14. The summed E-state index contributed by atoms with van der Waals surface area (Å²) < 4.78 is 12.5. The highest BCUT2D eigenvalue weighted by molar-refractivity contribution is 6.30. The van der Waals surface area contributed by atoms with E-state index >= 15 is 0 Å². The molecule has 150 valence electrons. The maximum absolute atomic E-state index is 12.5. The van der Waals surface area contributed by atoms with Gasteiger partial charge in [0.05, 0.1) is 26.0 Å². The van der Waals surface area contributed by atoms with E-state index < -0.39 is 0 Å². The van der Waals surface area contributed by atoms with E-state index in [-0.39, 0.29) is 5.91 Å². The Hall–Kier alpha value is -3.25. The molecule has 1 N–H and O–H groups in total. The van der Waals surface area contributed by atoms with E-state index in [1.807, 2.05) is 44.2 Å². The van der Waals surface area contributed by atoms with E-state index in [2.05, 4.69) is 15.1 Å². The van der Waals surface area contributed by atoms with Gasteiger partial charge in [0.15, 0.2) is 0 Å². The summed E-state index contributed by atoms with van der Waals surface area (Å²) in [7, 11) is 3.05. The number of methoxy groups -OCH3 is 2. The molecule has 2 aromatic carbocycles. The van der Waals surface area contributed by atoms with Gasteiger partial charge in [0.25, 0.3) is 5.91 Å². The zero-order valence-corrected chi connectivity index (χ0v) is 17.4. The lowest BCUT2D eigenvalue weighted by molar-refractivity contribution is 0.0952. The van der Waals surface area contributed by atoms with Crippen molar-refractivity contribution in [2.45, 2.75) is 13.8 Å². The van der Waals surface area contributed by atoms with Crippen molar-refractivity contribution in [2.75, 3.05) is 14.2 Å². The highest BCUT2D eigenvalue weighted by Gasteiger charge is 2.13. The van der Waals surface area contributed by atoms with Crippen LogP contribution in [0.1, 0.15) is 27.3 Å². The van der Waals surface area contributed by atoms with Gasteiger partial charge in [-0.3, -0.25) is 4.79 Å². The van der Waals surface area contributed by atoms with Crippen LogP contribution in [0.5, 0.6) is 11.5 Å². The van der Waals surface area contributed by atoms with Gasteiger partial charge in [-0.25, -0.2) is 5.43 Å². The van der Waals surface area contributed by atoms with Crippen molar-refractivity contribution in [1.29, 1.82) is 0 Å². The quantitative estimate of drug-likeness (QED) is 0.478. The van der Waals surface area contributed by atoms with Crippen LogP contribution in [0.3, 0.4) is 0 Å². The summed E-state index contributed by atoms with van der Waals surface area (Å²) in [5, 5.41) is 4.78. The van der Waals surface area contributed by atoms with Gasteiger partial charge in [0, 0.05) is 33.7 Å². The molecule has 0 saturated heterocycles. The summed E-state index contributed by atoms with van der Waals surface area (Å²) in [4.78, 5) is 12.5. The summed E-state index contributed by atoms with van der Waals surface area (Å²) in [6, 6.07) is 14.6. The Kier molecular flexibility index (Phi) is 6.24. The smallest absolute Gasteiger partial charge is 0.275 e. The molecule has 0 atom stereocenters. The molecule has 6 nitrogen and oxygen atoms in total. The molecule has 0 bridgehead atoms. The fraction of sp³-hybridized carbons (Fsp3) is 0.182. The highest BCUT2D eigenvalue weighted by Crippen LogP contribution is 2.25. The second kappa shape index (κ2) is 8.84. The number of aromatic nitrogens is 1. The summed E-state index contributed by atoms with van der Waals surface area (Å²) in [6.45, 7) is 4.00. The Balaban J connectivity index is 1.79. The Morgan fingerprint density at radius 2 is 1.90 bits per heavy atom. The number of hydrazone groups is 1. The molecule has 0 radical (unpaired) electrons. The number of benzene rings is 2. The van der Waals surface area contributed by atoms with E-state index in [0.29, 0.717) is 22.1 Å². The second-order valence-corrected chi connectivity index (χ2v) is 6.84. The largest absolute Gasteiger partial charge is 0.497 e. The van der Waals surface area contributed by atoms with Crippen LogP contribution in [0.2, 0.25) is 5.02 Å². The normalized spacial score (nSPS) is 10.9. The Morgan fingerprint density at radius 1 is 1.10 bits per heavy atom. The Bertz CT molecular complexity index is 1070. The van der Waals surface area contributed by atoms with Crippen LogP contribution in [-0.2, 0) is 0 Å². The number of ether oxygens (including phenoxy) is 2. The number of carbonyl (C=O) groups excluding carboxylic acids is 1. The third-order valence-corrected chi connectivity index (χ3v) is 4.79. The van der Waals surface area contributed by atoms with E-state index in [9.17, 15) is 4.79 Å². The number of rotatable bonds is 6. The predicted octanol–water partition coefficient (Wildman–Crippen LogP) is 4.53. The zero-order valence-electron chi connectivity index (χ0n) is 16.7. The molecule has 29 heavy (non-hydrogen) atoms. The molecule has 3 rings (SSSR count). The van der Waals surface area contributed by atoms with Gasteiger partial charge in [-0.15, -0.1) is 0 Å². The summed E-state index contributed by atoms with van der Waals surface area (Å²) in [5.74, 6) is 0.649. The van der Waals surface area contributed by atoms with Crippen molar-refractivity contribution in [3.8, 4) is 17.2 Å². The maximum Gasteiger partial charge on any atom is 0.275 e. The molecule has 0 fully saturated rings. The first kappa shape index (κ1) is 20.5. The summed E-state index contributed by atoms with van der Waals surface area (Å²) in [6.07, 6.45) is 1.62. The van der Waals surface area contributed by atoms with Crippen LogP contribution in [-0.4, -0.2) is 30.9 Å². The highest BCUT2D eigenvalue weighted by atomic mass is 35.5. The standard InChI is InChI=1S/C22H22ClN3O3/c1-14-10-16(15(2)26(14)18-7-5-6-17(23)11-18)13-24-25-22(27)20-9-8-19(28-3)12-21(20)29-4/h5-13H,1-4H3,(H,25,27). The van der Waals surface area contributed by atoms with Gasteiger partial charge in [-0.2, -0.15) is 5.10 Å². The topological polar surface area (TPSA) is 64.8 Å². The number of amides is 1. The molecule has 3 aromatic rings. The van der Waals surface area contributed by atoms with Crippen LogP contribution >= 0.6 is 11.6 Å². The van der Waals surface area contributed by atoms with Crippen molar-refractivity contribution in [3.63, 3.8) is 0 Å². The van der Waals surface area contributed by atoms with E-state index in [1.165, 1.54) is 7.11 Å². The Morgan fingerprint density at radius 3 is 2.59 bits per heavy atom. The van der Waals surface area contributed by atoms with E-state index in [1.54, 1.807) is 31.5 Å². The van der Waals surface area contributed by atoms with Gasteiger partial charge < -0.3 is 14.0 Å². The minimum absolute atomic E-state index is 0.370. The Labute approximate surface area is 174 Å². The number of halogens is 1. The van der Waals surface area contributed by atoms with Crippen LogP contribution in [0, 0.1) is 13.8 Å². The SMILES string of the molecule is COc1ccc(C(=O)NN=Cc2cc(C)n(-c3cccc(Cl)c3)c2C)c(OC)c1. The lowest BCUT2D eigenvalue weighted by Crippen LogP contribution is -2.18. The van der Waals surface area contributed by atoms with E-state index in [0.717, 1.165) is 22.6 Å². The first-order valence-electron chi connectivity index (χ1n) is 8.95. The van der Waals surface area contributed by atoms with Crippen molar-refractivity contribution in [1.82, 2.24) is 9.99 Å². The van der Waals surface area contributed by atoms with Crippen molar-refractivity contribution in [3.05, 3.63) is 76.1 Å². The van der Waals surface area contributed by atoms with Crippen LogP contribution in [0.15, 0.2) is 53.6 Å². The van der Waals surface area contributed by atoms with Gasteiger partial charge in [-0.05, 0) is 50.2 Å². The average molecular weight is 412 g/mol. The number of nitrogens with one attached hydrogen (secondary N) is 1. The zero-order chi connectivity index (χ0) is 21.0. The van der Waals surface area contributed by atoms with Crippen LogP contribution < -0.4 is 14.9 Å². The first-order valence-corrected chi connectivity index (χ1v) is 9.32. The minimum Gasteiger partial charge on any atom is -0.497 e. The number of nitrogens with zero attached hydrogens (tertiary/aromatic N) is 2. The molecular formula is C22H22ClN3O3. The van der Waals surface area contributed by atoms with Gasteiger partial charge in [-0.1, -0.05) is 17.7 Å². The first-order chi connectivity index (χ1) is 13.9. The second-order valence-electron chi connectivity index (χ2n) is 6.41. The van der Waals surface area contributed by atoms with Crippen molar-refractivity contribution < 1.29 is 14.3 Å². The third-order valence-electron chi connectivity index (χ3n) is 4.56. The number of carbonyl (C=O) groups is 1. The molecule has 1 aromatic heterocycles. The molecular weight excluding hydrogens is 390 g/mol. The van der Waals surface area contributed by atoms with Gasteiger partial charge in [0.1, 0.15) is 11.5 Å². The predicted molar refractivity (Wildman–Crippen MR) is 115 cm³/mol. The maximum atomic E-state index is 12.5. The summed E-state index contributed by atoms with van der Waals surface area (Å²) in [5.41, 5.74) is 6.81. The molecule has 0 unspecified atom stereocenters. The number of hydrogen-bond acceptors (Lipinski definition) is 4. The van der Waals surface area contributed by atoms with Crippen molar-refractivity contribution in [2.24, 2.45) is 5.10 Å². The number of hydrogen-bond donors (Lipinski definition) is 1. The third kappa shape index (κ3) is 4.43. The molecule has 0 saturated carbocycles. The molecule has 0 spiro atoms. The average Bonchev–Trinajstić information content (AvgIpc) is 3.00. The van der Waals surface area contributed by atoms with Crippen molar-refractivity contribution >= 4 is 23.7 Å². The molecule has 0 aliphatic rings. The lowest BCUT2D eigenvalue weighted by atomic mass is 10.2. The summed E-state index contributed by atoms with van der Waals surface area (Å²) >= 11 is 6.12. The molecule has 7 heteroatoms. The number of aryl methyl sites for hydroxylation is 1. The minimum atomic E-state index is -0.371. The van der Waals surface area contributed by atoms with Gasteiger partial charge >= 0.3 is 0 Å². The lowest BCUT2D eigenvalue weighted by Gasteiger charge is -2.10. The van der Waals surface area contributed by atoms with Gasteiger partial charge in [0.2, 0.25) is 0 Å². The molecule has 1 heterocycles. The molecule has 0 aliphatic heterocycles. The van der Waals surface area contributed by atoms with E-state index in [4.69, 9.17) is 21.1 Å². The molecule has 1 amide bonds. The monoisotopic (exact) mass is 411 g/mol. The van der Waals surface area contributed by atoms with Crippen LogP contribution in [0.25, 0.3) is 5.69 Å².